The lowest BCUT2D eigenvalue weighted by molar-refractivity contribution is -0.872. The quantitative estimate of drug-likeness (QED) is 0.876. The molecule has 0 fully saturated rings. The first-order valence-corrected chi connectivity index (χ1v) is 7.46. The Morgan fingerprint density at radius 1 is 1.29 bits per heavy atom. The van der Waals surface area contributed by atoms with Gasteiger partial charge in [-0.1, -0.05) is 13.8 Å². The lowest BCUT2D eigenvalue weighted by Gasteiger charge is -2.12. The maximum absolute atomic E-state index is 12.7. The number of pyridine rings is 1. The molecule has 0 aliphatic rings. The molecule has 0 spiro atoms. The van der Waals surface area contributed by atoms with Crippen LogP contribution in [0.3, 0.4) is 0 Å². The SMILES string of the molecule is Cc1[nH]c2ccc(OCC(C)C)cc2c(=O)c1C[NH+](C)C. The molecule has 1 aromatic heterocycles. The fourth-order valence-corrected chi connectivity index (χ4v) is 2.35. The minimum Gasteiger partial charge on any atom is -0.493 e. The first-order valence-electron chi connectivity index (χ1n) is 7.46. The second-order valence-electron chi connectivity index (χ2n) is 6.35. The molecular formula is C17H25N2O2+. The fraction of sp³-hybridized carbons (Fsp3) is 0.471. The van der Waals surface area contributed by atoms with Gasteiger partial charge in [0.1, 0.15) is 12.3 Å². The van der Waals surface area contributed by atoms with E-state index in [4.69, 9.17) is 4.74 Å². The van der Waals surface area contributed by atoms with E-state index in [1.165, 1.54) is 4.90 Å². The number of aromatic nitrogens is 1. The number of H-pyrrole nitrogens is 1. The maximum atomic E-state index is 12.7. The average Bonchev–Trinajstić information content (AvgIpc) is 2.41. The van der Waals surface area contributed by atoms with Gasteiger partial charge in [0.25, 0.3) is 0 Å². The van der Waals surface area contributed by atoms with Crippen molar-refractivity contribution in [2.24, 2.45) is 5.92 Å². The van der Waals surface area contributed by atoms with Crippen molar-refractivity contribution in [2.45, 2.75) is 27.3 Å². The van der Waals surface area contributed by atoms with Crippen LogP contribution in [0.4, 0.5) is 0 Å². The molecule has 0 aliphatic carbocycles. The van der Waals surface area contributed by atoms with Gasteiger partial charge in [0, 0.05) is 16.6 Å². The summed E-state index contributed by atoms with van der Waals surface area (Å²) in [7, 11) is 4.09. The minimum atomic E-state index is 0.109. The predicted molar refractivity (Wildman–Crippen MR) is 86.2 cm³/mol. The highest BCUT2D eigenvalue weighted by Gasteiger charge is 2.12. The van der Waals surface area contributed by atoms with Crippen LogP contribution in [0.5, 0.6) is 5.75 Å². The lowest BCUT2D eigenvalue weighted by atomic mass is 10.1. The third-order valence-electron chi connectivity index (χ3n) is 3.40. The molecule has 1 heterocycles. The smallest absolute Gasteiger partial charge is 0.198 e. The largest absolute Gasteiger partial charge is 0.493 e. The van der Waals surface area contributed by atoms with Gasteiger partial charge in [0.2, 0.25) is 0 Å². The Morgan fingerprint density at radius 3 is 2.62 bits per heavy atom. The molecule has 0 saturated carbocycles. The number of fused-ring (bicyclic) bond motifs is 1. The Hall–Kier alpha value is -1.81. The lowest BCUT2D eigenvalue weighted by Crippen LogP contribution is -3.04. The zero-order valence-corrected chi connectivity index (χ0v) is 13.5. The zero-order chi connectivity index (χ0) is 15.6. The molecule has 0 aliphatic heterocycles. The van der Waals surface area contributed by atoms with Gasteiger partial charge in [-0.25, -0.2) is 0 Å². The molecular weight excluding hydrogens is 264 g/mol. The Morgan fingerprint density at radius 2 is 2.00 bits per heavy atom. The molecule has 21 heavy (non-hydrogen) atoms. The summed E-state index contributed by atoms with van der Waals surface area (Å²) in [4.78, 5) is 17.2. The van der Waals surface area contributed by atoms with Crippen molar-refractivity contribution in [3.8, 4) is 5.75 Å². The Bertz CT molecular complexity index is 687. The van der Waals surface area contributed by atoms with Gasteiger partial charge < -0.3 is 14.6 Å². The van der Waals surface area contributed by atoms with Crippen LogP contribution in [0.15, 0.2) is 23.0 Å². The molecule has 0 bridgehead atoms. The van der Waals surface area contributed by atoms with Gasteiger partial charge in [0.05, 0.1) is 26.3 Å². The minimum absolute atomic E-state index is 0.109. The van der Waals surface area contributed by atoms with Crippen molar-refractivity contribution in [3.63, 3.8) is 0 Å². The Kier molecular flexibility index (Phi) is 4.68. The van der Waals surface area contributed by atoms with Crippen LogP contribution < -0.4 is 15.1 Å². The van der Waals surface area contributed by atoms with Gasteiger partial charge in [-0.15, -0.1) is 0 Å². The van der Waals surface area contributed by atoms with Crippen molar-refractivity contribution in [3.05, 3.63) is 39.7 Å². The van der Waals surface area contributed by atoms with Gasteiger partial charge >= 0.3 is 0 Å². The van der Waals surface area contributed by atoms with E-state index in [9.17, 15) is 4.79 Å². The highest BCUT2D eigenvalue weighted by Crippen LogP contribution is 2.19. The summed E-state index contributed by atoms with van der Waals surface area (Å²) in [6, 6.07) is 5.69. The number of rotatable bonds is 5. The maximum Gasteiger partial charge on any atom is 0.198 e. The van der Waals surface area contributed by atoms with Crippen LogP contribution in [0.2, 0.25) is 0 Å². The molecule has 0 atom stereocenters. The highest BCUT2D eigenvalue weighted by molar-refractivity contribution is 5.81. The number of quaternary nitrogens is 1. The number of benzene rings is 1. The zero-order valence-electron chi connectivity index (χ0n) is 13.5. The molecule has 2 N–H and O–H groups in total. The van der Waals surface area contributed by atoms with Crippen molar-refractivity contribution in [1.29, 1.82) is 0 Å². The molecule has 1 aromatic carbocycles. The molecule has 2 rings (SSSR count). The number of ether oxygens (including phenoxy) is 1. The van der Waals surface area contributed by atoms with Crippen LogP contribution in [0.25, 0.3) is 10.9 Å². The van der Waals surface area contributed by atoms with E-state index in [0.29, 0.717) is 24.5 Å². The van der Waals surface area contributed by atoms with E-state index in [2.05, 4.69) is 18.8 Å². The van der Waals surface area contributed by atoms with Crippen LogP contribution in [0.1, 0.15) is 25.1 Å². The number of aromatic amines is 1. The van der Waals surface area contributed by atoms with Gasteiger partial charge in [0.15, 0.2) is 5.43 Å². The third-order valence-corrected chi connectivity index (χ3v) is 3.40. The summed E-state index contributed by atoms with van der Waals surface area (Å²) in [5, 5.41) is 0.707. The van der Waals surface area contributed by atoms with Crippen LogP contribution in [0, 0.1) is 12.8 Å². The van der Waals surface area contributed by atoms with Crippen LogP contribution in [-0.4, -0.2) is 25.7 Å². The molecule has 114 valence electrons. The van der Waals surface area contributed by atoms with E-state index in [1.807, 2.05) is 39.2 Å². The van der Waals surface area contributed by atoms with Crippen molar-refractivity contribution in [1.82, 2.24) is 4.98 Å². The molecule has 0 radical (unpaired) electrons. The summed E-state index contributed by atoms with van der Waals surface area (Å²) in [6.07, 6.45) is 0. The number of nitrogens with one attached hydrogen (secondary N) is 2. The number of hydrogen-bond donors (Lipinski definition) is 2. The van der Waals surface area contributed by atoms with Gasteiger partial charge in [-0.2, -0.15) is 0 Å². The summed E-state index contributed by atoms with van der Waals surface area (Å²) in [6.45, 7) is 7.55. The summed E-state index contributed by atoms with van der Waals surface area (Å²) in [5.74, 6) is 1.22. The van der Waals surface area contributed by atoms with E-state index < -0.39 is 0 Å². The van der Waals surface area contributed by atoms with Crippen LogP contribution in [-0.2, 0) is 6.54 Å². The molecule has 4 heteroatoms. The first kappa shape index (κ1) is 15.6. The molecule has 0 amide bonds. The topological polar surface area (TPSA) is 46.5 Å². The normalized spacial score (nSPS) is 11.6. The van der Waals surface area contributed by atoms with Crippen molar-refractivity contribution >= 4 is 10.9 Å². The summed E-state index contributed by atoms with van der Waals surface area (Å²) in [5.41, 5.74) is 2.78. The highest BCUT2D eigenvalue weighted by atomic mass is 16.5. The second kappa shape index (κ2) is 6.31. The standard InChI is InChI=1S/C17H24N2O2/c1-11(2)10-21-13-6-7-16-14(8-13)17(20)15(9-19(4)5)12(3)18-16/h6-8,11H,9-10H2,1-5H3,(H,18,20)/p+1. The molecule has 0 unspecified atom stereocenters. The van der Waals surface area contributed by atoms with E-state index in [0.717, 1.165) is 22.5 Å². The monoisotopic (exact) mass is 289 g/mol. The summed E-state index contributed by atoms with van der Waals surface area (Å²) < 4.78 is 5.72. The summed E-state index contributed by atoms with van der Waals surface area (Å²) >= 11 is 0. The third kappa shape index (κ3) is 3.64. The van der Waals surface area contributed by atoms with Crippen molar-refractivity contribution in [2.75, 3.05) is 20.7 Å². The number of aryl methyl sites for hydroxylation is 1. The Balaban J connectivity index is 2.47. The molecule has 2 aromatic rings. The van der Waals surface area contributed by atoms with Gasteiger partial charge in [-0.3, -0.25) is 4.79 Å². The first-order chi connectivity index (χ1) is 9.88. The fourth-order valence-electron chi connectivity index (χ4n) is 2.35. The number of hydrogen-bond acceptors (Lipinski definition) is 2. The van der Waals surface area contributed by atoms with Crippen molar-refractivity contribution < 1.29 is 9.64 Å². The van der Waals surface area contributed by atoms with E-state index in [1.54, 1.807) is 0 Å². The Labute approximate surface area is 125 Å². The predicted octanol–water partition coefficient (Wildman–Crippen LogP) is 1.52. The average molecular weight is 289 g/mol. The van der Waals surface area contributed by atoms with E-state index in [-0.39, 0.29) is 5.43 Å². The molecule has 4 nitrogen and oxygen atoms in total. The van der Waals surface area contributed by atoms with Crippen LogP contribution >= 0.6 is 0 Å². The van der Waals surface area contributed by atoms with E-state index >= 15 is 0 Å². The second-order valence-corrected chi connectivity index (χ2v) is 6.35. The molecule has 0 saturated heterocycles. The van der Waals surface area contributed by atoms with Gasteiger partial charge in [-0.05, 0) is 31.0 Å².